The maximum absolute atomic E-state index is 10.9. The van der Waals surface area contributed by atoms with E-state index in [1.165, 1.54) is 6.39 Å². The fourth-order valence-electron chi connectivity index (χ4n) is 1.09. The van der Waals surface area contributed by atoms with Crippen molar-refractivity contribution in [3.05, 3.63) is 30.2 Å². The van der Waals surface area contributed by atoms with Gasteiger partial charge in [0.05, 0.1) is 5.56 Å². The van der Waals surface area contributed by atoms with Crippen LogP contribution in [0.1, 0.15) is 10.4 Å². The highest BCUT2D eigenvalue weighted by molar-refractivity contribution is 6.03. The number of primary amides is 1. The Labute approximate surface area is 104 Å². The molecule has 1 aromatic carbocycles. The van der Waals surface area contributed by atoms with Crippen LogP contribution in [0.15, 0.2) is 29.0 Å². The van der Waals surface area contributed by atoms with E-state index in [0.717, 1.165) is 0 Å². The van der Waals surface area contributed by atoms with E-state index in [1.807, 2.05) is 0 Å². The van der Waals surface area contributed by atoms with Crippen LogP contribution in [0.3, 0.4) is 0 Å². The summed E-state index contributed by atoms with van der Waals surface area (Å²) in [6.07, 6.45) is 1.29. The van der Waals surface area contributed by atoms with Crippen molar-refractivity contribution in [2.75, 3.05) is 0 Å². The van der Waals surface area contributed by atoms with Crippen molar-refractivity contribution >= 4 is 54.2 Å². The van der Waals surface area contributed by atoms with Crippen LogP contribution in [-0.4, -0.2) is 10.9 Å². The maximum Gasteiger partial charge on any atom is 0.251 e. The van der Waals surface area contributed by atoms with E-state index in [1.54, 1.807) is 18.2 Å². The molecule has 2 aromatic rings. The lowest BCUT2D eigenvalue weighted by Crippen LogP contribution is -2.11. The van der Waals surface area contributed by atoms with Crippen molar-refractivity contribution in [3.8, 4) is 0 Å². The topological polar surface area (TPSA) is 69.1 Å². The summed E-state index contributed by atoms with van der Waals surface area (Å²) >= 11 is 0. The molecule has 4 nitrogen and oxygen atoms in total. The predicted molar refractivity (Wildman–Crippen MR) is 64.3 cm³/mol. The summed E-state index contributed by atoms with van der Waals surface area (Å²) in [5, 5.41) is 0. The molecule has 7 heteroatoms. The zero-order chi connectivity index (χ0) is 8.55. The lowest BCUT2D eigenvalue weighted by molar-refractivity contribution is 0.100. The van der Waals surface area contributed by atoms with Gasteiger partial charge in [-0.1, -0.05) is 6.07 Å². The number of para-hydroxylation sites is 1. The highest BCUT2D eigenvalue weighted by Gasteiger charge is 2.08. The number of rotatable bonds is 1. The molecule has 0 radical (unpaired) electrons. The number of carbonyl (C=O) groups is 1. The Morgan fingerprint density at radius 2 is 1.93 bits per heavy atom. The molecule has 0 fully saturated rings. The van der Waals surface area contributed by atoms with Crippen molar-refractivity contribution in [3.63, 3.8) is 0 Å². The molecule has 0 aliphatic rings. The van der Waals surface area contributed by atoms with Gasteiger partial charge in [-0.25, -0.2) is 4.98 Å². The van der Waals surface area contributed by atoms with Crippen molar-refractivity contribution in [1.29, 1.82) is 0 Å². The van der Waals surface area contributed by atoms with Gasteiger partial charge in [-0.05, 0) is 12.1 Å². The second-order valence-corrected chi connectivity index (χ2v) is 2.37. The summed E-state index contributed by atoms with van der Waals surface area (Å²) in [7, 11) is 0. The molecule has 0 spiro atoms. The number of halogens is 3. The Balaban J connectivity index is 0. The third-order valence-corrected chi connectivity index (χ3v) is 1.63. The molecule has 15 heavy (non-hydrogen) atoms. The zero-order valence-corrected chi connectivity index (χ0v) is 9.82. The number of aromatic nitrogens is 1. The molecule has 2 N–H and O–H groups in total. The van der Waals surface area contributed by atoms with Gasteiger partial charge in [-0.15, -0.1) is 37.2 Å². The smallest absolute Gasteiger partial charge is 0.251 e. The van der Waals surface area contributed by atoms with Crippen LogP contribution in [0.4, 0.5) is 0 Å². The number of hydrogen-bond acceptors (Lipinski definition) is 3. The molecule has 0 saturated heterocycles. The van der Waals surface area contributed by atoms with Crippen LogP contribution in [0.5, 0.6) is 0 Å². The number of nitrogens with zero attached hydrogens (tertiary/aromatic N) is 1. The Hall–Kier alpha value is -0.970. The molecule has 0 saturated carbocycles. The SMILES string of the molecule is Cl.Cl.Cl.NC(=O)c1cccc2ocnc12. The first kappa shape index (κ1) is 16.5. The monoisotopic (exact) mass is 270 g/mol. The first-order valence-electron chi connectivity index (χ1n) is 3.41. The average molecular weight is 272 g/mol. The van der Waals surface area contributed by atoms with Crippen LogP contribution < -0.4 is 5.73 Å². The van der Waals surface area contributed by atoms with Crippen LogP contribution in [0.25, 0.3) is 11.1 Å². The number of oxazole rings is 1. The number of benzene rings is 1. The molecule has 0 atom stereocenters. The number of carbonyl (C=O) groups excluding carboxylic acids is 1. The van der Waals surface area contributed by atoms with Crippen LogP contribution in [0.2, 0.25) is 0 Å². The molecular weight excluding hydrogens is 262 g/mol. The van der Waals surface area contributed by atoms with Crippen LogP contribution in [0, 0.1) is 0 Å². The second-order valence-electron chi connectivity index (χ2n) is 2.37. The Morgan fingerprint density at radius 3 is 2.53 bits per heavy atom. The van der Waals surface area contributed by atoms with E-state index < -0.39 is 5.91 Å². The molecule has 0 bridgehead atoms. The number of fused-ring (bicyclic) bond motifs is 1. The minimum Gasteiger partial charge on any atom is -0.443 e. The van der Waals surface area contributed by atoms with Gasteiger partial charge in [0.1, 0.15) is 5.52 Å². The molecule has 0 aliphatic carbocycles. The van der Waals surface area contributed by atoms with E-state index >= 15 is 0 Å². The van der Waals surface area contributed by atoms with E-state index in [4.69, 9.17) is 10.2 Å². The quantitative estimate of drug-likeness (QED) is 0.864. The Bertz CT molecular complexity index is 444. The standard InChI is InChI=1S/C8H6N2O2.3ClH/c9-8(11)5-2-1-3-6-7(5)10-4-12-6;;;/h1-4H,(H2,9,11);3*1H. The number of hydrogen-bond donors (Lipinski definition) is 1. The lowest BCUT2D eigenvalue weighted by Gasteiger charge is -1.93. The van der Waals surface area contributed by atoms with Gasteiger partial charge < -0.3 is 10.2 Å². The second kappa shape index (κ2) is 6.50. The highest BCUT2D eigenvalue weighted by Crippen LogP contribution is 2.15. The summed E-state index contributed by atoms with van der Waals surface area (Å²) in [6.45, 7) is 0. The summed E-state index contributed by atoms with van der Waals surface area (Å²) in [5.74, 6) is -0.491. The maximum atomic E-state index is 10.9. The molecule has 0 aliphatic heterocycles. The van der Waals surface area contributed by atoms with Gasteiger partial charge in [0, 0.05) is 0 Å². The van der Waals surface area contributed by atoms with Crippen molar-refractivity contribution < 1.29 is 9.21 Å². The van der Waals surface area contributed by atoms with E-state index in [9.17, 15) is 4.79 Å². The minimum atomic E-state index is -0.491. The molecule has 0 unspecified atom stereocenters. The third kappa shape index (κ3) is 2.99. The van der Waals surface area contributed by atoms with Gasteiger partial charge >= 0.3 is 0 Å². The van der Waals surface area contributed by atoms with Gasteiger partial charge in [-0.3, -0.25) is 4.79 Å². The number of nitrogens with two attached hydrogens (primary N) is 1. The normalized spacial score (nSPS) is 8.27. The largest absolute Gasteiger partial charge is 0.443 e. The van der Waals surface area contributed by atoms with E-state index in [-0.39, 0.29) is 37.2 Å². The fourth-order valence-corrected chi connectivity index (χ4v) is 1.09. The van der Waals surface area contributed by atoms with Gasteiger partial charge in [0.2, 0.25) is 0 Å². The summed E-state index contributed by atoms with van der Waals surface area (Å²) < 4.78 is 4.99. The summed E-state index contributed by atoms with van der Waals surface area (Å²) in [4.78, 5) is 14.7. The zero-order valence-electron chi connectivity index (χ0n) is 7.38. The molecule has 1 amide bonds. The van der Waals surface area contributed by atoms with Gasteiger partial charge in [0.15, 0.2) is 12.0 Å². The van der Waals surface area contributed by atoms with Crippen LogP contribution >= 0.6 is 37.2 Å². The third-order valence-electron chi connectivity index (χ3n) is 1.63. The van der Waals surface area contributed by atoms with Gasteiger partial charge in [0.25, 0.3) is 5.91 Å². The molecular formula is C8H9Cl3N2O2. The molecule has 1 aromatic heterocycles. The summed E-state index contributed by atoms with van der Waals surface area (Å²) in [5.41, 5.74) is 6.60. The van der Waals surface area contributed by atoms with E-state index in [2.05, 4.69) is 4.98 Å². The molecule has 84 valence electrons. The van der Waals surface area contributed by atoms with E-state index in [0.29, 0.717) is 16.7 Å². The Kier molecular flexibility index (Phi) is 7.13. The highest BCUT2D eigenvalue weighted by atomic mass is 35.5. The predicted octanol–water partition coefficient (Wildman–Crippen LogP) is 2.19. The molecule has 2 rings (SSSR count). The molecule has 1 heterocycles. The summed E-state index contributed by atoms with van der Waals surface area (Å²) in [6, 6.07) is 5.05. The minimum absolute atomic E-state index is 0. The first-order chi connectivity index (χ1) is 5.79. The Morgan fingerprint density at radius 1 is 1.27 bits per heavy atom. The van der Waals surface area contributed by atoms with Crippen LogP contribution in [-0.2, 0) is 0 Å². The van der Waals surface area contributed by atoms with Crippen molar-refractivity contribution in [2.24, 2.45) is 5.73 Å². The number of amides is 1. The first-order valence-corrected chi connectivity index (χ1v) is 3.41. The van der Waals surface area contributed by atoms with Crippen molar-refractivity contribution in [1.82, 2.24) is 4.98 Å². The van der Waals surface area contributed by atoms with Gasteiger partial charge in [-0.2, -0.15) is 0 Å². The fraction of sp³-hybridized carbons (Fsp3) is 0. The lowest BCUT2D eigenvalue weighted by atomic mass is 10.2. The average Bonchev–Trinajstić information content (AvgIpc) is 2.49. The van der Waals surface area contributed by atoms with Crippen molar-refractivity contribution in [2.45, 2.75) is 0 Å².